The Balaban J connectivity index is 0.000000336. The molecule has 0 aliphatic carbocycles. The number of benzene rings is 1. The second-order valence-electron chi connectivity index (χ2n) is 9.78. The second kappa shape index (κ2) is 14.4. The predicted molar refractivity (Wildman–Crippen MR) is 162 cm³/mol. The van der Waals surface area contributed by atoms with Gasteiger partial charge in [0.1, 0.15) is 17.3 Å². The molecule has 2 amide bonds. The normalized spacial score (nSPS) is 14.5. The van der Waals surface area contributed by atoms with Gasteiger partial charge in [0.2, 0.25) is 5.91 Å². The summed E-state index contributed by atoms with van der Waals surface area (Å²) in [5, 5.41) is 8.90. The van der Waals surface area contributed by atoms with Gasteiger partial charge in [0, 0.05) is 48.7 Å². The number of nitrogens with zero attached hydrogens (tertiary/aromatic N) is 4. The summed E-state index contributed by atoms with van der Waals surface area (Å²) in [6.45, 7) is 11.4. The highest BCUT2D eigenvalue weighted by Gasteiger charge is 2.19. The highest BCUT2D eigenvalue weighted by molar-refractivity contribution is 7.15. The van der Waals surface area contributed by atoms with Crippen LogP contribution in [0.25, 0.3) is 0 Å². The largest absolute Gasteiger partial charge is 0.456 e. The summed E-state index contributed by atoms with van der Waals surface area (Å²) >= 11 is 1.46. The second-order valence-corrected chi connectivity index (χ2v) is 11.0. The van der Waals surface area contributed by atoms with Crippen molar-refractivity contribution in [2.45, 2.75) is 46.5 Å². The fourth-order valence-electron chi connectivity index (χ4n) is 4.31. The first kappa shape index (κ1) is 30.5. The fourth-order valence-corrected chi connectivity index (χ4v) is 5.03. The van der Waals surface area contributed by atoms with Gasteiger partial charge in [0.25, 0.3) is 5.91 Å². The number of hydrogen-bond acceptors (Lipinski definition) is 8. The molecule has 3 N–H and O–H groups in total. The molecule has 1 saturated heterocycles. The van der Waals surface area contributed by atoms with Crippen LogP contribution in [0.1, 0.15) is 60.3 Å². The van der Waals surface area contributed by atoms with E-state index in [1.807, 2.05) is 18.7 Å². The van der Waals surface area contributed by atoms with Gasteiger partial charge in [0.05, 0.1) is 5.56 Å². The molecule has 1 unspecified atom stereocenters. The minimum atomic E-state index is -0.149. The van der Waals surface area contributed by atoms with E-state index in [-0.39, 0.29) is 17.6 Å². The summed E-state index contributed by atoms with van der Waals surface area (Å²) in [5.74, 6) is 1.89. The summed E-state index contributed by atoms with van der Waals surface area (Å²) in [6, 6.07) is 8.54. The molecular weight excluding hydrogens is 524 g/mol. The number of piperidine rings is 1. The number of likely N-dealkylation sites (tertiary alicyclic amines) is 1. The van der Waals surface area contributed by atoms with E-state index in [9.17, 15) is 9.59 Å². The van der Waals surface area contributed by atoms with Gasteiger partial charge in [-0.15, -0.1) is 11.3 Å². The third-order valence-corrected chi connectivity index (χ3v) is 7.41. The van der Waals surface area contributed by atoms with Crippen LogP contribution in [0, 0.1) is 18.3 Å². The lowest BCUT2D eigenvalue weighted by Crippen LogP contribution is -2.37. The number of rotatable bonds is 8. The number of nitrogen functional groups attached to an aromatic ring is 1. The first-order valence-corrected chi connectivity index (χ1v) is 14.2. The maximum atomic E-state index is 12.7. The van der Waals surface area contributed by atoms with E-state index in [0.717, 1.165) is 30.8 Å². The lowest BCUT2D eigenvalue weighted by atomic mass is 10.0. The smallest absolute Gasteiger partial charge is 0.259 e. The number of nitrogens with one attached hydrogen (secondary N) is 1. The monoisotopic (exact) mass is 562 g/mol. The first-order valence-electron chi connectivity index (χ1n) is 13.4. The van der Waals surface area contributed by atoms with E-state index in [1.54, 1.807) is 49.8 Å². The number of hydrogen-bond donors (Lipinski definition) is 2. The molecule has 0 bridgehead atoms. The Morgan fingerprint density at radius 3 is 2.60 bits per heavy atom. The van der Waals surface area contributed by atoms with Crippen LogP contribution in [0.5, 0.6) is 11.5 Å². The van der Waals surface area contributed by atoms with E-state index >= 15 is 0 Å². The van der Waals surface area contributed by atoms with Gasteiger partial charge in [-0.05, 0) is 68.5 Å². The van der Waals surface area contributed by atoms with Crippen LogP contribution in [0.15, 0.2) is 55.4 Å². The molecule has 0 radical (unpaired) electrons. The third-order valence-electron chi connectivity index (χ3n) is 6.42. The fraction of sp³-hybridized carbons (Fsp3) is 0.367. The zero-order valence-corrected chi connectivity index (χ0v) is 24.5. The lowest BCUT2D eigenvalue weighted by molar-refractivity contribution is -0.127. The van der Waals surface area contributed by atoms with E-state index in [4.69, 9.17) is 15.9 Å². The van der Waals surface area contributed by atoms with Crippen LogP contribution < -0.4 is 15.4 Å². The van der Waals surface area contributed by atoms with Gasteiger partial charge in [-0.3, -0.25) is 14.5 Å². The standard InChI is InChI=1S/C21H23N5O2S.C9H15NO/c1-4-5-16(22)18-17(10-11-24-19(18)23)28-15-8-6-14(7-9-15)20(27)26(3)21-25-12-13(2)29-21;1-3-9(11)10-6-4-5-8(2)7-10/h6-12,22H,4-5H2,1-3H3,(H2,23,24);3,8H,1,4-7H2,2H3. The van der Waals surface area contributed by atoms with Crippen molar-refractivity contribution < 1.29 is 14.3 Å². The van der Waals surface area contributed by atoms with Crippen molar-refractivity contribution in [3.8, 4) is 11.5 Å². The maximum Gasteiger partial charge on any atom is 0.259 e. The number of carbonyl (C=O) groups excluding carboxylic acids is 2. The molecule has 3 aromatic rings. The number of ether oxygens (including phenoxy) is 1. The zero-order chi connectivity index (χ0) is 29.2. The molecule has 3 heterocycles. The van der Waals surface area contributed by atoms with Crippen molar-refractivity contribution in [2.75, 3.05) is 30.8 Å². The van der Waals surface area contributed by atoms with Crippen molar-refractivity contribution in [2.24, 2.45) is 5.92 Å². The van der Waals surface area contributed by atoms with Crippen molar-refractivity contribution in [3.63, 3.8) is 0 Å². The molecule has 1 aliphatic heterocycles. The summed E-state index contributed by atoms with van der Waals surface area (Å²) in [4.78, 5) is 36.6. The number of carbonyl (C=O) groups is 2. The van der Waals surface area contributed by atoms with Crippen molar-refractivity contribution in [1.82, 2.24) is 14.9 Å². The summed E-state index contributed by atoms with van der Waals surface area (Å²) in [6.07, 6.45) is 8.50. The number of anilines is 2. The highest BCUT2D eigenvalue weighted by atomic mass is 32.1. The number of thiazole rings is 1. The summed E-state index contributed by atoms with van der Waals surface area (Å²) in [7, 11) is 1.70. The molecule has 0 saturated carbocycles. The summed E-state index contributed by atoms with van der Waals surface area (Å²) < 4.78 is 5.94. The van der Waals surface area contributed by atoms with Crippen molar-refractivity contribution in [1.29, 1.82) is 5.41 Å². The molecular formula is C30H38N6O3S. The van der Waals surface area contributed by atoms with Crippen LogP contribution in [-0.2, 0) is 4.79 Å². The average molecular weight is 563 g/mol. The number of nitrogens with two attached hydrogens (primary N) is 1. The Bertz CT molecular complexity index is 1340. The molecule has 1 fully saturated rings. The van der Waals surface area contributed by atoms with Gasteiger partial charge in [0.15, 0.2) is 5.13 Å². The Morgan fingerprint density at radius 1 is 1.27 bits per heavy atom. The average Bonchev–Trinajstić information content (AvgIpc) is 3.39. The van der Waals surface area contributed by atoms with Crippen LogP contribution >= 0.6 is 11.3 Å². The molecule has 40 heavy (non-hydrogen) atoms. The number of aryl methyl sites for hydroxylation is 1. The van der Waals surface area contributed by atoms with Gasteiger partial charge in [-0.1, -0.05) is 26.8 Å². The molecule has 0 spiro atoms. The molecule has 1 atom stereocenters. The topological polar surface area (TPSA) is 126 Å². The molecule has 2 aromatic heterocycles. The van der Waals surface area contributed by atoms with E-state index in [0.29, 0.717) is 45.8 Å². The summed E-state index contributed by atoms with van der Waals surface area (Å²) in [5.41, 5.74) is 7.40. The molecule has 1 aliphatic rings. The molecule has 10 heteroatoms. The SMILES string of the molecule is C=CC(=O)N1CCCC(C)C1.CCCC(=N)c1c(Oc2ccc(C(=O)N(C)c3ncc(C)s3)cc2)ccnc1N. The third kappa shape index (κ3) is 7.98. The first-order chi connectivity index (χ1) is 19.1. The van der Waals surface area contributed by atoms with Crippen LogP contribution in [0.3, 0.4) is 0 Å². The van der Waals surface area contributed by atoms with Crippen molar-refractivity contribution in [3.05, 3.63) is 71.4 Å². The zero-order valence-electron chi connectivity index (χ0n) is 23.6. The lowest BCUT2D eigenvalue weighted by Gasteiger charge is -2.29. The van der Waals surface area contributed by atoms with Crippen LogP contribution in [0.2, 0.25) is 0 Å². The molecule has 4 rings (SSSR count). The van der Waals surface area contributed by atoms with E-state index < -0.39 is 0 Å². The molecule has 9 nitrogen and oxygen atoms in total. The van der Waals surface area contributed by atoms with Gasteiger partial charge in [-0.2, -0.15) is 0 Å². The Labute approximate surface area is 240 Å². The number of amides is 2. The van der Waals surface area contributed by atoms with Crippen LogP contribution in [0.4, 0.5) is 10.9 Å². The van der Waals surface area contributed by atoms with Gasteiger partial charge >= 0.3 is 0 Å². The van der Waals surface area contributed by atoms with Gasteiger partial charge in [-0.25, -0.2) is 9.97 Å². The molecule has 1 aromatic carbocycles. The number of pyridine rings is 1. The minimum absolute atomic E-state index is 0.0801. The minimum Gasteiger partial charge on any atom is -0.456 e. The Morgan fingerprint density at radius 2 is 2.00 bits per heavy atom. The van der Waals surface area contributed by atoms with Crippen molar-refractivity contribution >= 4 is 39.8 Å². The Hall–Kier alpha value is -4.05. The van der Waals surface area contributed by atoms with E-state index in [1.165, 1.54) is 28.7 Å². The predicted octanol–water partition coefficient (Wildman–Crippen LogP) is 6.10. The molecule has 212 valence electrons. The number of aromatic nitrogens is 2. The Kier molecular flexibility index (Phi) is 11.0. The van der Waals surface area contributed by atoms with E-state index in [2.05, 4.69) is 23.5 Å². The highest BCUT2D eigenvalue weighted by Crippen LogP contribution is 2.30. The van der Waals surface area contributed by atoms with Crippen LogP contribution in [-0.4, -0.2) is 52.5 Å². The maximum absolute atomic E-state index is 12.7. The van der Waals surface area contributed by atoms with Gasteiger partial charge < -0.3 is 20.8 Å². The quantitative estimate of drug-likeness (QED) is 0.253.